The van der Waals surface area contributed by atoms with Gasteiger partial charge in [0.15, 0.2) is 0 Å². The monoisotopic (exact) mass is 282 g/mol. The van der Waals surface area contributed by atoms with Crippen LogP contribution in [0.4, 0.5) is 8.78 Å². The predicted molar refractivity (Wildman–Crippen MR) is 75.1 cm³/mol. The molecule has 0 unspecified atom stereocenters. The first-order chi connectivity index (χ1) is 9.55. The van der Waals surface area contributed by atoms with Crippen molar-refractivity contribution in [2.24, 2.45) is 0 Å². The van der Waals surface area contributed by atoms with E-state index in [2.05, 4.69) is 12.2 Å². The van der Waals surface area contributed by atoms with Gasteiger partial charge in [-0.1, -0.05) is 26.2 Å². The molecule has 1 saturated carbocycles. The maximum atomic E-state index is 13.4. The summed E-state index contributed by atoms with van der Waals surface area (Å²) < 4.78 is 26.9. The van der Waals surface area contributed by atoms with E-state index in [-0.39, 0.29) is 0 Å². The lowest BCUT2D eigenvalue weighted by atomic mass is 9.77. The highest BCUT2D eigenvalue weighted by molar-refractivity contribution is 5.24. The van der Waals surface area contributed by atoms with Gasteiger partial charge in [0.25, 0.3) is 0 Å². The van der Waals surface area contributed by atoms with E-state index < -0.39 is 23.3 Å². The fourth-order valence-corrected chi connectivity index (χ4v) is 3.06. The SMILES string of the molecule is [CH2]CCN[C@@H](c1cc(F)cc(F)c1)C1(O)CCCCC1. The minimum Gasteiger partial charge on any atom is -0.388 e. The van der Waals surface area contributed by atoms with Crippen LogP contribution in [0.2, 0.25) is 0 Å². The fourth-order valence-electron chi connectivity index (χ4n) is 3.06. The Hall–Kier alpha value is -1.00. The number of halogens is 2. The Kier molecular flexibility index (Phi) is 5.11. The van der Waals surface area contributed by atoms with Crippen molar-refractivity contribution in [2.45, 2.75) is 50.2 Å². The Morgan fingerprint density at radius 1 is 1.15 bits per heavy atom. The normalized spacial score (nSPS) is 19.8. The maximum absolute atomic E-state index is 13.4. The van der Waals surface area contributed by atoms with Gasteiger partial charge >= 0.3 is 0 Å². The number of aliphatic hydroxyl groups is 1. The molecule has 20 heavy (non-hydrogen) atoms. The molecule has 1 aromatic carbocycles. The number of nitrogens with one attached hydrogen (secondary N) is 1. The maximum Gasteiger partial charge on any atom is 0.126 e. The van der Waals surface area contributed by atoms with Crippen molar-refractivity contribution in [3.63, 3.8) is 0 Å². The molecule has 2 rings (SSSR count). The highest BCUT2D eigenvalue weighted by atomic mass is 19.1. The van der Waals surface area contributed by atoms with Crippen molar-refractivity contribution in [2.75, 3.05) is 6.54 Å². The van der Waals surface area contributed by atoms with Crippen LogP contribution in [-0.4, -0.2) is 17.3 Å². The zero-order chi connectivity index (χ0) is 14.6. The Balaban J connectivity index is 2.30. The molecule has 0 saturated heterocycles. The number of hydrogen-bond acceptors (Lipinski definition) is 2. The largest absolute Gasteiger partial charge is 0.388 e. The lowest BCUT2D eigenvalue weighted by molar-refractivity contribution is -0.0315. The van der Waals surface area contributed by atoms with Crippen molar-refractivity contribution in [1.29, 1.82) is 0 Å². The van der Waals surface area contributed by atoms with E-state index in [1.165, 1.54) is 12.1 Å². The molecule has 1 aromatic rings. The third-order valence-electron chi connectivity index (χ3n) is 4.00. The minimum atomic E-state index is -0.937. The van der Waals surface area contributed by atoms with Gasteiger partial charge in [0.2, 0.25) is 0 Å². The van der Waals surface area contributed by atoms with E-state index in [0.29, 0.717) is 31.4 Å². The zero-order valence-corrected chi connectivity index (χ0v) is 11.7. The van der Waals surface area contributed by atoms with Gasteiger partial charge in [0, 0.05) is 6.07 Å². The Bertz CT molecular complexity index is 424. The Labute approximate surface area is 119 Å². The number of rotatable bonds is 5. The molecule has 2 N–H and O–H groups in total. The van der Waals surface area contributed by atoms with Crippen LogP contribution in [0.3, 0.4) is 0 Å². The van der Waals surface area contributed by atoms with Crippen molar-refractivity contribution in [1.82, 2.24) is 5.32 Å². The lowest BCUT2D eigenvalue weighted by Gasteiger charge is -2.40. The van der Waals surface area contributed by atoms with Crippen LogP contribution in [0.5, 0.6) is 0 Å². The number of benzene rings is 1. The summed E-state index contributed by atoms with van der Waals surface area (Å²) >= 11 is 0. The first-order valence-corrected chi connectivity index (χ1v) is 7.26. The highest BCUT2D eigenvalue weighted by Gasteiger charge is 2.38. The van der Waals surface area contributed by atoms with Crippen LogP contribution < -0.4 is 5.32 Å². The van der Waals surface area contributed by atoms with E-state index in [0.717, 1.165) is 25.3 Å². The molecule has 1 fully saturated rings. The molecule has 0 aliphatic heterocycles. The molecule has 1 aliphatic rings. The van der Waals surface area contributed by atoms with Gasteiger partial charge in [-0.25, -0.2) is 8.78 Å². The van der Waals surface area contributed by atoms with Crippen LogP contribution >= 0.6 is 0 Å². The third kappa shape index (κ3) is 3.55. The van der Waals surface area contributed by atoms with E-state index in [9.17, 15) is 13.9 Å². The molecule has 0 spiro atoms. The summed E-state index contributed by atoms with van der Waals surface area (Å²) in [5, 5.41) is 14.1. The van der Waals surface area contributed by atoms with Crippen LogP contribution in [0, 0.1) is 18.6 Å². The smallest absolute Gasteiger partial charge is 0.126 e. The van der Waals surface area contributed by atoms with Gasteiger partial charge in [-0.05, 0) is 43.5 Å². The summed E-state index contributed by atoms with van der Waals surface area (Å²) in [5.41, 5.74) is -0.464. The molecule has 1 radical (unpaired) electrons. The molecular weight excluding hydrogens is 260 g/mol. The molecule has 0 aromatic heterocycles. The van der Waals surface area contributed by atoms with Crippen molar-refractivity contribution in [3.8, 4) is 0 Å². The topological polar surface area (TPSA) is 32.3 Å². The summed E-state index contributed by atoms with van der Waals surface area (Å²) in [6.07, 6.45) is 4.94. The molecule has 111 valence electrons. The molecular formula is C16H22F2NO. The second kappa shape index (κ2) is 6.64. The van der Waals surface area contributed by atoms with Crippen molar-refractivity contribution in [3.05, 3.63) is 42.3 Å². The van der Waals surface area contributed by atoms with Crippen molar-refractivity contribution < 1.29 is 13.9 Å². The quantitative estimate of drug-likeness (QED) is 0.866. The van der Waals surface area contributed by atoms with Gasteiger partial charge < -0.3 is 10.4 Å². The lowest BCUT2D eigenvalue weighted by Crippen LogP contribution is -2.45. The average Bonchev–Trinajstić information content (AvgIpc) is 2.38. The highest BCUT2D eigenvalue weighted by Crippen LogP contribution is 2.38. The van der Waals surface area contributed by atoms with Gasteiger partial charge in [0.05, 0.1) is 11.6 Å². The molecule has 4 heteroatoms. The standard InChI is InChI=1S/C16H22F2NO/c1-2-8-19-15(16(20)6-4-3-5-7-16)12-9-13(17)11-14(18)10-12/h9-11,15,19-20H,1-8H2/t15-/m0/s1. The van der Waals surface area contributed by atoms with Crippen molar-refractivity contribution >= 4 is 0 Å². The summed E-state index contributed by atoms with van der Waals surface area (Å²) in [5.74, 6) is -1.22. The number of hydrogen-bond donors (Lipinski definition) is 2. The second-order valence-corrected chi connectivity index (χ2v) is 5.61. The van der Waals surface area contributed by atoms with Crippen LogP contribution in [0.15, 0.2) is 18.2 Å². The molecule has 0 bridgehead atoms. The third-order valence-corrected chi connectivity index (χ3v) is 4.00. The van der Waals surface area contributed by atoms with Crippen LogP contribution in [-0.2, 0) is 0 Å². The van der Waals surface area contributed by atoms with Gasteiger partial charge in [-0.15, -0.1) is 0 Å². The molecule has 2 nitrogen and oxygen atoms in total. The fraction of sp³-hybridized carbons (Fsp3) is 0.562. The average molecular weight is 282 g/mol. The Morgan fingerprint density at radius 3 is 2.30 bits per heavy atom. The first kappa shape index (κ1) is 15.4. The summed E-state index contributed by atoms with van der Waals surface area (Å²) in [6, 6.07) is 3.01. The second-order valence-electron chi connectivity index (χ2n) is 5.61. The molecule has 1 atom stereocenters. The molecule has 0 amide bonds. The zero-order valence-electron chi connectivity index (χ0n) is 11.7. The summed E-state index contributed by atoms with van der Waals surface area (Å²) in [7, 11) is 0. The van der Waals surface area contributed by atoms with Gasteiger partial charge in [0.1, 0.15) is 11.6 Å². The van der Waals surface area contributed by atoms with E-state index in [1.54, 1.807) is 0 Å². The summed E-state index contributed by atoms with van der Waals surface area (Å²) in [6.45, 7) is 4.36. The first-order valence-electron chi connectivity index (χ1n) is 7.26. The minimum absolute atomic E-state index is 0.449. The Morgan fingerprint density at radius 2 is 1.75 bits per heavy atom. The van der Waals surface area contributed by atoms with E-state index >= 15 is 0 Å². The van der Waals surface area contributed by atoms with Gasteiger partial charge in [-0.2, -0.15) is 0 Å². The summed E-state index contributed by atoms with van der Waals surface area (Å²) in [4.78, 5) is 0. The van der Waals surface area contributed by atoms with E-state index in [4.69, 9.17) is 0 Å². The predicted octanol–water partition coefficient (Wildman–Crippen LogP) is 3.51. The molecule has 1 aliphatic carbocycles. The van der Waals surface area contributed by atoms with Crippen LogP contribution in [0.1, 0.15) is 50.1 Å². The van der Waals surface area contributed by atoms with Gasteiger partial charge in [-0.3, -0.25) is 0 Å². The van der Waals surface area contributed by atoms with Crippen LogP contribution in [0.25, 0.3) is 0 Å². The van der Waals surface area contributed by atoms with E-state index in [1.807, 2.05) is 0 Å². The molecule has 0 heterocycles.